The van der Waals surface area contributed by atoms with E-state index >= 15 is 0 Å². The van der Waals surface area contributed by atoms with E-state index in [0.29, 0.717) is 55.9 Å². The Morgan fingerprint density at radius 2 is 1.69 bits per heavy atom. The van der Waals surface area contributed by atoms with Crippen molar-refractivity contribution in [2.75, 3.05) is 13.7 Å². The molecule has 9 heteroatoms. The van der Waals surface area contributed by atoms with Crippen LogP contribution in [0, 0.1) is 13.8 Å². The van der Waals surface area contributed by atoms with E-state index < -0.39 is 0 Å². The molecule has 4 aromatic carbocycles. The maximum absolute atomic E-state index is 13.9. The fourth-order valence-electron chi connectivity index (χ4n) is 5.03. The fourth-order valence-corrected chi connectivity index (χ4v) is 5.96. The molecule has 0 radical (unpaired) electrons. The zero-order chi connectivity index (χ0) is 32.2. The summed E-state index contributed by atoms with van der Waals surface area (Å²) < 4.78 is 20.6. The van der Waals surface area contributed by atoms with Crippen molar-refractivity contribution in [1.29, 1.82) is 0 Å². The first kappa shape index (κ1) is 32.4. The van der Waals surface area contributed by atoms with Crippen LogP contribution in [0.2, 0.25) is 0 Å². The molecule has 5 rings (SSSR count). The van der Waals surface area contributed by atoms with Gasteiger partial charge in [-0.15, -0.1) is 0 Å². The first-order chi connectivity index (χ1) is 21.6. The Balaban J connectivity index is 1.63. The van der Waals surface area contributed by atoms with E-state index in [-0.39, 0.29) is 11.5 Å². The number of para-hydroxylation sites is 1. The molecule has 0 atom stereocenters. The van der Waals surface area contributed by atoms with E-state index in [1.54, 1.807) is 19.4 Å². The molecule has 0 amide bonds. The molecule has 0 spiro atoms. The lowest BCUT2D eigenvalue weighted by molar-refractivity contribution is 0.267. The van der Waals surface area contributed by atoms with Gasteiger partial charge in [0, 0.05) is 15.6 Å². The normalized spacial score (nSPS) is 11.5. The van der Waals surface area contributed by atoms with Gasteiger partial charge in [0.1, 0.15) is 12.4 Å². The third-order valence-electron chi connectivity index (χ3n) is 7.47. The van der Waals surface area contributed by atoms with Gasteiger partial charge in [0.25, 0.3) is 5.56 Å². The molecule has 0 N–H and O–H groups in total. The van der Waals surface area contributed by atoms with Gasteiger partial charge < -0.3 is 14.2 Å². The summed E-state index contributed by atoms with van der Waals surface area (Å²) in [6.07, 6.45) is 1.63. The average Bonchev–Trinajstić information content (AvgIpc) is 3.03. The fraction of sp³-hybridized carbons (Fsp3) is 0.250. The van der Waals surface area contributed by atoms with Crippen molar-refractivity contribution in [3.05, 3.63) is 114 Å². The van der Waals surface area contributed by atoms with Crippen molar-refractivity contribution in [3.63, 3.8) is 0 Å². The molecule has 0 saturated heterocycles. The van der Waals surface area contributed by atoms with Crippen molar-refractivity contribution in [2.24, 2.45) is 5.10 Å². The molecule has 1 heterocycles. The maximum atomic E-state index is 13.9. The van der Waals surface area contributed by atoms with E-state index in [1.165, 1.54) is 10.2 Å². The van der Waals surface area contributed by atoms with Crippen LogP contribution >= 0.6 is 31.9 Å². The van der Waals surface area contributed by atoms with Gasteiger partial charge in [-0.2, -0.15) is 9.78 Å². The summed E-state index contributed by atoms with van der Waals surface area (Å²) in [5.41, 5.74) is 5.98. The Kier molecular flexibility index (Phi) is 10.1. The van der Waals surface area contributed by atoms with Crippen LogP contribution in [0.25, 0.3) is 22.3 Å². The summed E-state index contributed by atoms with van der Waals surface area (Å²) in [4.78, 5) is 18.9. The van der Waals surface area contributed by atoms with E-state index in [0.717, 1.165) is 28.0 Å². The third kappa shape index (κ3) is 6.84. The number of hydrogen-bond donors (Lipinski definition) is 0. The van der Waals surface area contributed by atoms with Gasteiger partial charge in [0.05, 0.1) is 35.3 Å². The Bertz CT molecular complexity index is 1950. The van der Waals surface area contributed by atoms with Crippen LogP contribution in [0.3, 0.4) is 0 Å². The van der Waals surface area contributed by atoms with Gasteiger partial charge in [-0.05, 0) is 106 Å². The van der Waals surface area contributed by atoms with Crippen LogP contribution in [-0.4, -0.2) is 29.6 Å². The van der Waals surface area contributed by atoms with E-state index in [4.69, 9.17) is 24.3 Å². The van der Waals surface area contributed by atoms with Crippen LogP contribution in [0.4, 0.5) is 0 Å². The van der Waals surface area contributed by atoms with Crippen LogP contribution in [0.1, 0.15) is 54.5 Å². The van der Waals surface area contributed by atoms with Gasteiger partial charge in [-0.3, -0.25) is 4.79 Å². The molecule has 7 nitrogen and oxygen atoms in total. The summed E-state index contributed by atoms with van der Waals surface area (Å²) in [5, 5.41) is 5.21. The molecular weight excluding hydrogens is 698 g/mol. The highest BCUT2D eigenvalue weighted by Gasteiger charge is 2.20. The summed E-state index contributed by atoms with van der Waals surface area (Å²) in [5.74, 6) is 2.56. The molecule has 0 aliphatic rings. The molecule has 5 aromatic rings. The van der Waals surface area contributed by atoms with E-state index in [9.17, 15) is 4.79 Å². The number of rotatable bonds is 10. The number of nitrogens with zero attached hydrogens (tertiary/aromatic N) is 3. The van der Waals surface area contributed by atoms with Gasteiger partial charge in [-0.1, -0.05) is 55.8 Å². The Hall–Kier alpha value is -3.95. The smallest absolute Gasteiger partial charge is 0.282 e. The van der Waals surface area contributed by atoms with Crippen molar-refractivity contribution in [3.8, 4) is 28.6 Å². The quantitative estimate of drug-likeness (QED) is 0.134. The highest BCUT2D eigenvalue weighted by Crippen LogP contribution is 2.43. The van der Waals surface area contributed by atoms with Gasteiger partial charge in [0.2, 0.25) is 0 Å². The SMILES string of the molecule is CCOc1cc(C=Nn2c(-c3cc(C(C)C)c(OC)cc3C)nc3ccccc3c2=O)c(Br)c(Br)c1OCc1ccc(C)cc1. The molecule has 0 fully saturated rings. The topological polar surface area (TPSA) is 74.9 Å². The summed E-state index contributed by atoms with van der Waals surface area (Å²) >= 11 is 7.41. The standard InChI is InChI=1S/C36H35Br2N3O4/c1-7-44-31-17-25(32(37)33(38)34(31)45-20-24-14-12-22(4)13-15-24)19-39-41-35(40-29-11-9-8-10-26(29)36(41)42)28-18-27(21(2)3)30(43-6)16-23(28)5/h8-19,21H,7,20H2,1-6H3. The summed E-state index contributed by atoms with van der Waals surface area (Å²) in [6.45, 7) is 11.0. The Morgan fingerprint density at radius 3 is 2.38 bits per heavy atom. The van der Waals surface area contributed by atoms with E-state index in [2.05, 4.69) is 64.8 Å². The zero-order valence-electron chi connectivity index (χ0n) is 26.2. The Labute approximate surface area is 280 Å². The second kappa shape index (κ2) is 14.0. The first-order valence-electron chi connectivity index (χ1n) is 14.7. The molecule has 45 heavy (non-hydrogen) atoms. The number of aryl methyl sites for hydroxylation is 2. The van der Waals surface area contributed by atoms with Crippen molar-refractivity contribution >= 4 is 49.0 Å². The van der Waals surface area contributed by atoms with Gasteiger partial charge in [0.15, 0.2) is 17.3 Å². The minimum Gasteiger partial charge on any atom is -0.496 e. The van der Waals surface area contributed by atoms with Crippen molar-refractivity contribution < 1.29 is 14.2 Å². The molecular formula is C36H35Br2N3O4. The number of methoxy groups -OCH3 is 1. The van der Waals surface area contributed by atoms with Crippen LogP contribution in [0.5, 0.6) is 17.2 Å². The lowest BCUT2D eigenvalue weighted by Gasteiger charge is -2.18. The van der Waals surface area contributed by atoms with Crippen LogP contribution < -0.4 is 19.8 Å². The third-order valence-corrected chi connectivity index (χ3v) is 9.61. The second-order valence-electron chi connectivity index (χ2n) is 11.0. The monoisotopic (exact) mass is 731 g/mol. The van der Waals surface area contributed by atoms with E-state index in [1.807, 2.05) is 62.4 Å². The highest BCUT2D eigenvalue weighted by atomic mass is 79.9. The predicted molar refractivity (Wildman–Crippen MR) is 188 cm³/mol. The number of fused-ring (bicyclic) bond motifs is 1. The molecule has 0 aliphatic heterocycles. The number of halogens is 2. The number of aromatic nitrogens is 2. The molecule has 0 aliphatic carbocycles. The first-order valence-corrected chi connectivity index (χ1v) is 16.3. The number of ether oxygens (including phenoxy) is 3. The highest BCUT2D eigenvalue weighted by molar-refractivity contribution is 9.13. The summed E-state index contributed by atoms with van der Waals surface area (Å²) in [6, 6.07) is 21.4. The second-order valence-corrected chi connectivity index (χ2v) is 12.6. The summed E-state index contributed by atoms with van der Waals surface area (Å²) in [7, 11) is 1.67. The number of benzene rings is 4. The number of hydrogen-bond acceptors (Lipinski definition) is 6. The van der Waals surface area contributed by atoms with Crippen LogP contribution in [0.15, 0.2) is 85.6 Å². The minimum absolute atomic E-state index is 0.195. The average molecular weight is 734 g/mol. The molecule has 0 saturated carbocycles. The van der Waals surface area contributed by atoms with Crippen molar-refractivity contribution in [2.45, 2.75) is 47.1 Å². The zero-order valence-corrected chi connectivity index (χ0v) is 29.3. The lowest BCUT2D eigenvalue weighted by atomic mass is 9.96. The maximum Gasteiger partial charge on any atom is 0.282 e. The Morgan fingerprint density at radius 1 is 0.956 bits per heavy atom. The largest absolute Gasteiger partial charge is 0.496 e. The lowest BCUT2D eigenvalue weighted by Crippen LogP contribution is -2.21. The predicted octanol–water partition coefficient (Wildman–Crippen LogP) is 9.20. The molecule has 1 aromatic heterocycles. The molecule has 0 unspecified atom stereocenters. The molecule has 0 bridgehead atoms. The van der Waals surface area contributed by atoms with Gasteiger partial charge >= 0.3 is 0 Å². The molecule has 232 valence electrons. The minimum atomic E-state index is -0.272. The van der Waals surface area contributed by atoms with Crippen molar-refractivity contribution in [1.82, 2.24) is 9.66 Å². The van der Waals surface area contributed by atoms with Gasteiger partial charge in [-0.25, -0.2) is 4.98 Å². The van der Waals surface area contributed by atoms with Crippen LogP contribution in [-0.2, 0) is 6.61 Å².